The second-order valence-corrected chi connectivity index (χ2v) is 7.56. The summed E-state index contributed by atoms with van der Waals surface area (Å²) in [6.45, 7) is 10.6. The largest absolute Gasteiger partial charge is 0.369 e. The van der Waals surface area contributed by atoms with E-state index in [9.17, 15) is 4.79 Å². The Kier molecular flexibility index (Phi) is 6.71. The summed E-state index contributed by atoms with van der Waals surface area (Å²) >= 11 is 0. The van der Waals surface area contributed by atoms with Crippen LogP contribution in [-0.2, 0) is 9.53 Å². The number of ketones is 1. The Bertz CT molecular complexity index is 305. The SMILES string of the molecule is CCCCCCCCCC(=O)C1CC(C)(C)OC1(C)C. The molecule has 0 amide bonds. The number of hydrogen-bond acceptors (Lipinski definition) is 2. The van der Waals surface area contributed by atoms with E-state index in [2.05, 4.69) is 34.6 Å². The van der Waals surface area contributed by atoms with Crippen LogP contribution in [0.15, 0.2) is 0 Å². The van der Waals surface area contributed by atoms with Crippen LogP contribution in [0.3, 0.4) is 0 Å². The molecule has 0 bridgehead atoms. The molecular weight excluding hydrogens is 248 g/mol. The van der Waals surface area contributed by atoms with Crippen LogP contribution in [0.4, 0.5) is 0 Å². The minimum Gasteiger partial charge on any atom is -0.369 e. The zero-order valence-corrected chi connectivity index (χ0v) is 14.3. The average molecular weight is 282 g/mol. The first kappa shape index (κ1) is 17.7. The van der Waals surface area contributed by atoms with Crippen LogP contribution < -0.4 is 0 Å². The maximum absolute atomic E-state index is 12.4. The van der Waals surface area contributed by atoms with E-state index in [4.69, 9.17) is 4.74 Å². The molecule has 0 saturated carbocycles. The number of unbranched alkanes of at least 4 members (excludes halogenated alkanes) is 6. The lowest BCUT2D eigenvalue weighted by Gasteiger charge is -2.26. The van der Waals surface area contributed by atoms with E-state index < -0.39 is 0 Å². The van der Waals surface area contributed by atoms with Gasteiger partial charge in [0.15, 0.2) is 0 Å². The standard InChI is InChI=1S/C18H34O2/c1-6-7-8-9-10-11-12-13-16(19)15-14-17(2,3)20-18(15,4)5/h15H,6-14H2,1-5H3. The fourth-order valence-electron chi connectivity index (χ4n) is 3.49. The highest BCUT2D eigenvalue weighted by Gasteiger charge is 2.48. The molecule has 0 aliphatic carbocycles. The lowest BCUT2D eigenvalue weighted by atomic mass is 9.82. The van der Waals surface area contributed by atoms with Crippen molar-refractivity contribution in [3.05, 3.63) is 0 Å². The number of ether oxygens (including phenoxy) is 1. The Morgan fingerprint density at radius 3 is 2.05 bits per heavy atom. The molecule has 118 valence electrons. The van der Waals surface area contributed by atoms with Gasteiger partial charge in [-0.3, -0.25) is 4.79 Å². The molecule has 0 aromatic rings. The molecule has 1 aliphatic rings. The van der Waals surface area contributed by atoms with Gasteiger partial charge in [-0.15, -0.1) is 0 Å². The molecule has 20 heavy (non-hydrogen) atoms. The zero-order valence-electron chi connectivity index (χ0n) is 14.3. The van der Waals surface area contributed by atoms with Gasteiger partial charge >= 0.3 is 0 Å². The molecule has 1 atom stereocenters. The van der Waals surface area contributed by atoms with Crippen molar-refractivity contribution < 1.29 is 9.53 Å². The van der Waals surface area contributed by atoms with Gasteiger partial charge in [-0.2, -0.15) is 0 Å². The van der Waals surface area contributed by atoms with Crippen molar-refractivity contribution in [1.29, 1.82) is 0 Å². The number of carbonyl (C=O) groups is 1. The van der Waals surface area contributed by atoms with Gasteiger partial charge in [-0.1, -0.05) is 45.4 Å². The first-order valence-electron chi connectivity index (χ1n) is 8.51. The summed E-state index contributed by atoms with van der Waals surface area (Å²) in [6, 6.07) is 0. The summed E-state index contributed by atoms with van der Waals surface area (Å²) in [5.41, 5.74) is -0.439. The predicted molar refractivity (Wildman–Crippen MR) is 85.0 cm³/mol. The van der Waals surface area contributed by atoms with Crippen LogP contribution in [0, 0.1) is 5.92 Å². The predicted octanol–water partition coefficient (Wildman–Crippen LogP) is 5.29. The molecule has 2 heteroatoms. The van der Waals surface area contributed by atoms with Crippen LogP contribution in [0.5, 0.6) is 0 Å². The van der Waals surface area contributed by atoms with Gasteiger partial charge in [0, 0.05) is 12.3 Å². The van der Waals surface area contributed by atoms with Crippen LogP contribution >= 0.6 is 0 Å². The van der Waals surface area contributed by atoms with Crippen LogP contribution in [0.2, 0.25) is 0 Å². The molecule has 0 radical (unpaired) electrons. The lowest BCUT2D eigenvalue weighted by Crippen LogP contribution is -2.33. The highest BCUT2D eigenvalue weighted by atomic mass is 16.5. The van der Waals surface area contributed by atoms with Gasteiger partial charge in [-0.05, 0) is 40.5 Å². The second kappa shape index (κ2) is 7.59. The smallest absolute Gasteiger partial charge is 0.138 e. The fourth-order valence-corrected chi connectivity index (χ4v) is 3.49. The van der Waals surface area contributed by atoms with Gasteiger partial charge in [0.05, 0.1) is 11.2 Å². The average Bonchev–Trinajstić information content (AvgIpc) is 2.56. The Labute approximate surface area is 125 Å². The third-order valence-corrected chi connectivity index (χ3v) is 4.49. The third kappa shape index (κ3) is 5.55. The topological polar surface area (TPSA) is 26.3 Å². The van der Waals surface area contributed by atoms with Crippen LogP contribution in [0.1, 0.15) is 92.4 Å². The molecule has 1 aliphatic heterocycles. The Hall–Kier alpha value is -0.370. The minimum atomic E-state index is -0.290. The highest BCUT2D eigenvalue weighted by Crippen LogP contribution is 2.42. The Balaban J connectivity index is 2.23. The van der Waals surface area contributed by atoms with E-state index in [1.165, 1.54) is 38.5 Å². The van der Waals surface area contributed by atoms with E-state index in [1.807, 2.05) is 0 Å². The van der Waals surface area contributed by atoms with E-state index in [0.29, 0.717) is 5.78 Å². The van der Waals surface area contributed by atoms with E-state index in [-0.39, 0.29) is 17.1 Å². The Morgan fingerprint density at radius 2 is 1.55 bits per heavy atom. The molecule has 1 rings (SSSR count). The second-order valence-electron chi connectivity index (χ2n) is 7.56. The number of Topliss-reactive ketones (excluding diaryl/α,β-unsaturated/α-hetero) is 1. The van der Waals surface area contributed by atoms with Crippen molar-refractivity contribution in [1.82, 2.24) is 0 Å². The quantitative estimate of drug-likeness (QED) is 0.537. The molecular formula is C18H34O2. The molecule has 1 heterocycles. The highest BCUT2D eigenvalue weighted by molar-refractivity contribution is 5.82. The van der Waals surface area contributed by atoms with E-state index >= 15 is 0 Å². The summed E-state index contributed by atoms with van der Waals surface area (Å²) in [4.78, 5) is 12.4. The molecule has 0 N–H and O–H groups in total. The molecule has 2 nitrogen and oxygen atoms in total. The van der Waals surface area contributed by atoms with Gasteiger partial charge < -0.3 is 4.74 Å². The van der Waals surface area contributed by atoms with Crippen LogP contribution in [-0.4, -0.2) is 17.0 Å². The summed E-state index contributed by atoms with van der Waals surface area (Å²) in [5.74, 6) is 0.492. The number of rotatable bonds is 9. The summed E-state index contributed by atoms with van der Waals surface area (Å²) in [5, 5.41) is 0. The maximum atomic E-state index is 12.4. The molecule has 0 aromatic carbocycles. The summed E-state index contributed by atoms with van der Waals surface area (Å²) in [7, 11) is 0. The normalized spacial score (nSPS) is 23.9. The van der Waals surface area contributed by atoms with E-state index in [1.54, 1.807) is 0 Å². The first-order valence-corrected chi connectivity index (χ1v) is 8.51. The molecule has 0 aromatic heterocycles. The summed E-state index contributed by atoms with van der Waals surface area (Å²) < 4.78 is 6.02. The van der Waals surface area contributed by atoms with E-state index in [0.717, 1.165) is 19.3 Å². The Morgan fingerprint density at radius 1 is 1.00 bits per heavy atom. The molecule has 1 saturated heterocycles. The van der Waals surface area contributed by atoms with Crippen molar-refractivity contribution in [2.45, 2.75) is 104 Å². The van der Waals surface area contributed by atoms with Crippen molar-refractivity contribution in [3.8, 4) is 0 Å². The zero-order chi connectivity index (χ0) is 15.2. The van der Waals surface area contributed by atoms with Gasteiger partial charge in [0.1, 0.15) is 5.78 Å². The third-order valence-electron chi connectivity index (χ3n) is 4.49. The fraction of sp³-hybridized carbons (Fsp3) is 0.944. The molecule has 1 unspecified atom stereocenters. The molecule has 1 fully saturated rings. The van der Waals surface area contributed by atoms with Crippen molar-refractivity contribution in [2.75, 3.05) is 0 Å². The lowest BCUT2D eigenvalue weighted by molar-refractivity contribution is -0.129. The minimum absolute atomic E-state index is 0.0811. The number of hydrogen-bond donors (Lipinski definition) is 0. The van der Waals surface area contributed by atoms with Gasteiger partial charge in [-0.25, -0.2) is 0 Å². The van der Waals surface area contributed by atoms with Crippen molar-refractivity contribution in [3.63, 3.8) is 0 Å². The summed E-state index contributed by atoms with van der Waals surface area (Å²) in [6.07, 6.45) is 10.5. The van der Waals surface area contributed by atoms with Crippen molar-refractivity contribution in [2.24, 2.45) is 5.92 Å². The molecule has 0 spiro atoms. The van der Waals surface area contributed by atoms with Crippen molar-refractivity contribution >= 4 is 5.78 Å². The monoisotopic (exact) mass is 282 g/mol. The maximum Gasteiger partial charge on any atom is 0.138 e. The van der Waals surface area contributed by atoms with Gasteiger partial charge in [0.25, 0.3) is 0 Å². The number of carbonyl (C=O) groups excluding carboxylic acids is 1. The first-order chi connectivity index (χ1) is 9.28. The van der Waals surface area contributed by atoms with Crippen LogP contribution in [0.25, 0.3) is 0 Å². The van der Waals surface area contributed by atoms with Gasteiger partial charge in [0.2, 0.25) is 0 Å².